The third-order valence-corrected chi connectivity index (χ3v) is 4.54. The Morgan fingerprint density at radius 2 is 1.87 bits per heavy atom. The van der Waals surface area contributed by atoms with Crippen molar-refractivity contribution in [3.63, 3.8) is 0 Å². The van der Waals surface area contributed by atoms with Crippen molar-refractivity contribution in [3.05, 3.63) is 35.9 Å². The Bertz CT molecular complexity index is 580. The molecular weight excluding hydrogens is 292 g/mol. The fourth-order valence-electron chi connectivity index (χ4n) is 2.97. The number of carboxylic acid groups (broad SMARTS) is 1. The number of carboxylic acids is 1. The van der Waals surface area contributed by atoms with Crippen LogP contribution in [0.2, 0.25) is 0 Å². The maximum absolute atomic E-state index is 12.6. The van der Waals surface area contributed by atoms with Gasteiger partial charge in [0.25, 0.3) is 0 Å². The Morgan fingerprint density at radius 3 is 2.35 bits per heavy atom. The van der Waals surface area contributed by atoms with Gasteiger partial charge >= 0.3 is 12.0 Å². The molecular formula is C18H26N2O3. The summed E-state index contributed by atoms with van der Waals surface area (Å²) in [4.78, 5) is 25.6. The van der Waals surface area contributed by atoms with Crippen molar-refractivity contribution in [2.45, 2.75) is 40.2 Å². The number of aliphatic carboxylic acids is 1. The van der Waals surface area contributed by atoms with Crippen LogP contribution in [0.15, 0.2) is 30.3 Å². The highest BCUT2D eigenvalue weighted by molar-refractivity contribution is 5.79. The first-order valence-electron chi connectivity index (χ1n) is 7.97. The molecule has 2 unspecified atom stereocenters. The molecule has 126 valence electrons. The van der Waals surface area contributed by atoms with Gasteiger partial charge in [-0.05, 0) is 24.3 Å². The van der Waals surface area contributed by atoms with Gasteiger partial charge < -0.3 is 15.3 Å². The number of carbonyl (C=O) groups is 2. The Kier molecular flexibility index (Phi) is 4.68. The van der Waals surface area contributed by atoms with E-state index in [9.17, 15) is 14.7 Å². The molecule has 1 saturated heterocycles. The zero-order valence-corrected chi connectivity index (χ0v) is 14.3. The number of urea groups is 1. The summed E-state index contributed by atoms with van der Waals surface area (Å²) in [5.41, 5.74) is 0.0577. The summed E-state index contributed by atoms with van der Waals surface area (Å²) < 4.78 is 0. The van der Waals surface area contributed by atoms with E-state index in [-0.39, 0.29) is 24.0 Å². The lowest BCUT2D eigenvalue weighted by Gasteiger charge is -2.33. The Labute approximate surface area is 137 Å². The van der Waals surface area contributed by atoms with E-state index in [2.05, 4.69) is 26.1 Å². The summed E-state index contributed by atoms with van der Waals surface area (Å²) >= 11 is 0. The molecule has 0 spiro atoms. The van der Waals surface area contributed by atoms with Crippen molar-refractivity contribution in [2.75, 3.05) is 13.1 Å². The first kappa shape index (κ1) is 17.3. The molecule has 23 heavy (non-hydrogen) atoms. The van der Waals surface area contributed by atoms with Gasteiger partial charge in [0.15, 0.2) is 0 Å². The molecule has 0 bridgehead atoms. The van der Waals surface area contributed by atoms with Crippen LogP contribution in [0.25, 0.3) is 0 Å². The van der Waals surface area contributed by atoms with Gasteiger partial charge in [-0.1, -0.05) is 51.1 Å². The minimum atomic E-state index is -0.846. The second-order valence-electron chi connectivity index (χ2n) is 7.70. The summed E-state index contributed by atoms with van der Waals surface area (Å²) in [6.45, 7) is 8.66. The average Bonchev–Trinajstić information content (AvgIpc) is 2.88. The van der Waals surface area contributed by atoms with Crippen molar-refractivity contribution >= 4 is 12.0 Å². The third kappa shape index (κ3) is 3.84. The van der Waals surface area contributed by atoms with E-state index in [1.807, 2.05) is 30.3 Å². The number of nitrogens with one attached hydrogen (secondary N) is 1. The number of likely N-dealkylation sites (tertiary alicyclic amines) is 1. The number of hydrogen-bond acceptors (Lipinski definition) is 2. The highest BCUT2D eigenvalue weighted by Crippen LogP contribution is 2.34. The molecule has 2 rings (SSSR count). The SMILES string of the molecule is CC1(C(=O)O)CCN(C(=O)NC(c2ccccc2)C(C)(C)C)C1. The molecule has 0 aromatic heterocycles. The summed E-state index contributed by atoms with van der Waals surface area (Å²) in [5, 5.41) is 12.4. The second kappa shape index (κ2) is 6.22. The van der Waals surface area contributed by atoms with Crippen LogP contribution in [0.3, 0.4) is 0 Å². The predicted octanol–water partition coefficient (Wildman–Crippen LogP) is 3.28. The molecule has 2 atom stereocenters. The topological polar surface area (TPSA) is 69.6 Å². The van der Waals surface area contributed by atoms with Gasteiger partial charge in [0.2, 0.25) is 0 Å². The smallest absolute Gasteiger partial charge is 0.317 e. The van der Waals surface area contributed by atoms with E-state index in [4.69, 9.17) is 0 Å². The number of amides is 2. The zero-order valence-electron chi connectivity index (χ0n) is 14.3. The number of nitrogens with zero attached hydrogens (tertiary/aromatic N) is 1. The number of hydrogen-bond donors (Lipinski definition) is 2. The first-order chi connectivity index (χ1) is 10.6. The summed E-state index contributed by atoms with van der Waals surface area (Å²) in [7, 11) is 0. The van der Waals surface area contributed by atoms with Crippen LogP contribution >= 0.6 is 0 Å². The van der Waals surface area contributed by atoms with Gasteiger partial charge in [-0.15, -0.1) is 0 Å². The highest BCUT2D eigenvalue weighted by Gasteiger charge is 2.42. The summed E-state index contributed by atoms with van der Waals surface area (Å²) in [6.07, 6.45) is 0.487. The van der Waals surface area contributed by atoms with Crippen LogP contribution in [0.4, 0.5) is 4.79 Å². The van der Waals surface area contributed by atoms with Gasteiger partial charge in [0.1, 0.15) is 0 Å². The zero-order chi connectivity index (χ0) is 17.3. The van der Waals surface area contributed by atoms with Crippen molar-refractivity contribution in [1.29, 1.82) is 0 Å². The predicted molar refractivity (Wildman–Crippen MR) is 89.1 cm³/mol. The van der Waals surface area contributed by atoms with Crippen LogP contribution in [0.1, 0.15) is 45.7 Å². The third-order valence-electron chi connectivity index (χ3n) is 4.54. The first-order valence-corrected chi connectivity index (χ1v) is 7.97. The van der Waals surface area contributed by atoms with E-state index in [1.54, 1.807) is 11.8 Å². The van der Waals surface area contributed by atoms with Crippen molar-refractivity contribution in [1.82, 2.24) is 10.2 Å². The molecule has 2 amide bonds. The molecule has 2 N–H and O–H groups in total. The minimum absolute atomic E-state index is 0.132. The Morgan fingerprint density at radius 1 is 1.26 bits per heavy atom. The fourth-order valence-corrected chi connectivity index (χ4v) is 2.97. The van der Waals surface area contributed by atoms with Crippen molar-refractivity contribution in [3.8, 4) is 0 Å². The molecule has 5 heteroatoms. The van der Waals surface area contributed by atoms with Gasteiger partial charge in [0.05, 0.1) is 11.5 Å². The van der Waals surface area contributed by atoms with Crippen LogP contribution in [-0.4, -0.2) is 35.1 Å². The molecule has 0 saturated carbocycles. The molecule has 1 fully saturated rings. The van der Waals surface area contributed by atoms with Crippen molar-refractivity contribution < 1.29 is 14.7 Å². The fraction of sp³-hybridized carbons (Fsp3) is 0.556. The van der Waals surface area contributed by atoms with Crippen molar-refractivity contribution in [2.24, 2.45) is 10.8 Å². The molecule has 0 aliphatic carbocycles. The number of carbonyl (C=O) groups excluding carboxylic acids is 1. The second-order valence-corrected chi connectivity index (χ2v) is 7.70. The van der Waals surface area contributed by atoms with Crippen LogP contribution in [-0.2, 0) is 4.79 Å². The number of rotatable bonds is 3. The molecule has 1 aromatic carbocycles. The maximum Gasteiger partial charge on any atom is 0.317 e. The molecule has 1 aliphatic heterocycles. The van der Waals surface area contributed by atoms with Crippen LogP contribution < -0.4 is 5.32 Å². The standard InChI is InChI=1S/C18H26N2O3/c1-17(2,3)14(13-8-6-5-7-9-13)19-16(23)20-11-10-18(4,12-20)15(21)22/h5-9,14H,10-12H2,1-4H3,(H,19,23)(H,21,22). The quantitative estimate of drug-likeness (QED) is 0.898. The lowest BCUT2D eigenvalue weighted by Crippen LogP contribution is -2.45. The van der Waals surface area contributed by atoms with Crippen LogP contribution in [0.5, 0.6) is 0 Å². The van der Waals surface area contributed by atoms with E-state index >= 15 is 0 Å². The summed E-state index contributed by atoms with van der Waals surface area (Å²) in [5.74, 6) is -0.844. The van der Waals surface area contributed by atoms with Gasteiger partial charge in [-0.2, -0.15) is 0 Å². The monoisotopic (exact) mass is 318 g/mol. The van der Waals surface area contributed by atoms with Crippen LogP contribution in [0, 0.1) is 10.8 Å². The van der Waals surface area contributed by atoms with E-state index in [0.29, 0.717) is 13.0 Å². The lowest BCUT2D eigenvalue weighted by molar-refractivity contribution is -0.147. The lowest BCUT2D eigenvalue weighted by atomic mass is 9.82. The summed E-state index contributed by atoms with van der Waals surface area (Å²) in [6, 6.07) is 9.54. The van der Waals surface area contributed by atoms with Gasteiger partial charge in [0, 0.05) is 13.1 Å². The van der Waals surface area contributed by atoms with E-state index in [0.717, 1.165) is 5.56 Å². The number of benzene rings is 1. The van der Waals surface area contributed by atoms with E-state index in [1.165, 1.54) is 0 Å². The largest absolute Gasteiger partial charge is 0.481 e. The minimum Gasteiger partial charge on any atom is -0.481 e. The van der Waals surface area contributed by atoms with Gasteiger partial charge in [-0.25, -0.2) is 4.79 Å². The Hall–Kier alpha value is -2.04. The van der Waals surface area contributed by atoms with Gasteiger partial charge in [-0.3, -0.25) is 4.79 Å². The normalized spacial score (nSPS) is 22.7. The molecule has 0 radical (unpaired) electrons. The Balaban J connectivity index is 2.12. The highest BCUT2D eigenvalue weighted by atomic mass is 16.4. The average molecular weight is 318 g/mol. The van der Waals surface area contributed by atoms with E-state index < -0.39 is 11.4 Å². The maximum atomic E-state index is 12.6. The molecule has 1 aliphatic rings. The molecule has 1 aromatic rings. The molecule has 1 heterocycles. The molecule has 5 nitrogen and oxygen atoms in total.